The van der Waals surface area contributed by atoms with Gasteiger partial charge in [0.15, 0.2) is 17.5 Å². The van der Waals surface area contributed by atoms with Crippen molar-refractivity contribution >= 4 is 29.9 Å². The van der Waals surface area contributed by atoms with Crippen molar-refractivity contribution in [2.45, 2.75) is 26.4 Å². The summed E-state index contributed by atoms with van der Waals surface area (Å²) in [5.41, 5.74) is 3.34. The SMILES string of the molecule is CCNC(=NCc1ccon1)N1CCc2cc(OC)c(OC)cc2C1.I. The lowest BCUT2D eigenvalue weighted by Gasteiger charge is -2.32. The molecule has 1 aromatic heterocycles. The van der Waals surface area contributed by atoms with Crippen LogP contribution in [0.1, 0.15) is 23.7 Å². The van der Waals surface area contributed by atoms with Crippen molar-refractivity contribution in [3.63, 3.8) is 0 Å². The van der Waals surface area contributed by atoms with E-state index in [0.29, 0.717) is 6.54 Å². The van der Waals surface area contributed by atoms with Crippen LogP contribution in [-0.4, -0.2) is 43.3 Å². The van der Waals surface area contributed by atoms with Crippen LogP contribution in [0.5, 0.6) is 11.5 Å². The van der Waals surface area contributed by atoms with E-state index in [1.165, 1.54) is 11.1 Å². The predicted molar refractivity (Wildman–Crippen MR) is 110 cm³/mol. The van der Waals surface area contributed by atoms with Crippen molar-refractivity contribution in [3.8, 4) is 11.5 Å². The first-order valence-electron chi connectivity index (χ1n) is 8.41. The maximum absolute atomic E-state index is 5.43. The van der Waals surface area contributed by atoms with Crippen molar-refractivity contribution in [3.05, 3.63) is 41.3 Å². The molecule has 1 aliphatic rings. The Morgan fingerprint density at radius 1 is 1.27 bits per heavy atom. The molecule has 1 N–H and O–H groups in total. The summed E-state index contributed by atoms with van der Waals surface area (Å²) in [5.74, 6) is 2.42. The van der Waals surface area contributed by atoms with Crippen LogP contribution in [0.4, 0.5) is 0 Å². The highest BCUT2D eigenvalue weighted by Crippen LogP contribution is 2.33. The molecule has 2 aromatic rings. The lowest BCUT2D eigenvalue weighted by atomic mass is 9.99. The van der Waals surface area contributed by atoms with E-state index in [1.807, 2.05) is 6.07 Å². The van der Waals surface area contributed by atoms with E-state index in [4.69, 9.17) is 14.0 Å². The molecule has 3 rings (SSSR count). The summed E-state index contributed by atoms with van der Waals surface area (Å²) < 4.78 is 15.7. The second-order valence-electron chi connectivity index (χ2n) is 5.81. The van der Waals surface area contributed by atoms with E-state index in [0.717, 1.165) is 49.2 Å². The molecule has 0 unspecified atom stereocenters. The number of methoxy groups -OCH3 is 2. The summed E-state index contributed by atoms with van der Waals surface area (Å²) in [6, 6.07) is 5.96. The first-order chi connectivity index (χ1) is 12.2. The van der Waals surface area contributed by atoms with Crippen molar-refractivity contribution in [1.82, 2.24) is 15.4 Å². The molecule has 0 aliphatic carbocycles. The van der Waals surface area contributed by atoms with Gasteiger partial charge in [0.1, 0.15) is 12.0 Å². The van der Waals surface area contributed by atoms with Gasteiger partial charge in [0, 0.05) is 25.7 Å². The molecule has 0 saturated carbocycles. The Balaban J connectivity index is 0.00000243. The van der Waals surface area contributed by atoms with Crippen molar-refractivity contribution in [2.24, 2.45) is 4.99 Å². The second kappa shape index (κ2) is 9.65. The number of benzene rings is 1. The van der Waals surface area contributed by atoms with E-state index in [2.05, 4.69) is 39.4 Å². The van der Waals surface area contributed by atoms with E-state index in [1.54, 1.807) is 20.5 Å². The van der Waals surface area contributed by atoms with Crippen LogP contribution in [0, 0.1) is 0 Å². The molecule has 142 valence electrons. The molecule has 0 fully saturated rings. The van der Waals surface area contributed by atoms with E-state index in [9.17, 15) is 0 Å². The molecule has 8 heteroatoms. The van der Waals surface area contributed by atoms with Crippen LogP contribution in [0.15, 0.2) is 34.0 Å². The largest absolute Gasteiger partial charge is 0.493 e. The Hall–Kier alpha value is -1.97. The molecule has 26 heavy (non-hydrogen) atoms. The minimum absolute atomic E-state index is 0. The molecule has 0 atom stereocenters. The maximum Gasteiger partial charge on any atom is 0.194 e. The summed E-state index contributed by atoms with van der Waals surface area (Å²) in [5, 5.41) is 7.27. The molecular weight excluding hydrogens is 447 g/mol. The average molecular weight is 472 g/mol. The van der Waals surface area contributed by atoms with Gasteiger partial charge in [-0.1, -0.05) is 5.16 Å². The van der Waals surface area contributed by atoms with Crippen LogP contribution in [0.2, 0.25) is 0 Å². The highest BCUT2D eigenvalue weighted by atomic mass is 127. The van der Waals surface area contributed by atoms with Gasteiger partial charge in [0.05, 0.1) is 20.8 Å². The van der Waals surface area contributed by atoms with Crippen LogP contribution >= 0.6 is 24.0 Å². The first kappa shape index (κ1) is 20.3. The number of ether oxygens (including phenoxy) is 2. The zero-order valence-electron chi connectivity index (χ0n) is 15.3. The van der Waals surface area contributed by atoms with E-state index >= 15 is 0 Å². The van der Waals surface area contributed by atoms with Crippen LogP contribution in [-0.2, 0) is 19.5 Å². The molecule has 0 amide bonds. The fraction of sp³-hybridized carbons (Fsp3) is 0.444. The molecule has 7 nitrogen and oxygen atoms in total. The third kappa shape index (κ3) is 4.60. The van der Waals surface area contributed by atoms with Gasteiger partial charge in [-0.05, 0) is 36.6 Å². The molecule has 2 heterocycles. The summed E-state index contributed by atoms with van der Waals surface area (Å²) in [6.07, 6.45) is 2.50. The van der Waals surface area contributed by atoms with Gasteiger partial charge >= 0.3 is 0 Å². The molecular formula is C18H25IN4O3. The van der Waals surface area contributed by atoms with Gasteiger partial charge in [0.2, 0.25) is 0 Å². The second-order valence-corrected chi connectivity index (χ2v) is 5.81. The molecule has 0 spiro atoms. The topological polar surface area (TPSA) is 72.1 Å². The molecule has 0 saturated heterocycles. The van der Waals surface area contributed by atoms with Gasteiger partial charge in [-0.15, -0.1) is 24.0 Å². The number of hydrogen-bond acceptors (Lipinski definition) is 5. The Labute approximate surface area is 170 Å². The van der Waals surface area contributed by atoms with Gasteiger partial charge in [0.25, 0.3) is 0 Å². The maximum atomic E-state index is 5.43. The highest BCUT2D eigenvalue weighted by Gasteiger charge is 2.21. The van der Waals surface area contributed by atoms with Crippen molar-refractivity contribution in [1.29, 1.82) is 0 Å². The van der Waals surface area contributed by atoms with Crippen LogP contribution in [0.3, 0.4) is 0 Å². The Bertz CT molecular complexity index is 734. The summed E-state index contributed by atoms with van der Waals surface area (Å²) in [6.45, 7) is 5.05. The third-order valence-electron chi connectivity index (χ3n) is 4.23. The number of nitrogens with one attached hydrogen (secondary N) is 1. The normalized spacial score (nSPS) is 13.7. The summed E-state index contributed by atoms with van der Waals surface area (Å²) in [4.78, 5) is 6.93. The minimum Gasteiger partial charge on any atom is -0.493 e. The number of aliphatic imine (C=N–C) groups is 1. The smallest absolute Gasteiger partial charge is 0.194 e. The fourth-order valence-electron chi connectivity index (χ4n) is 2.96. The number of halogens is 1. The molecule has 0 radical (unpaired) electrons. The van der Waals surface area contributed by atoms with Crippen LogP contribution in [0.25, 0.3) is 0 Å². The highest BCUT2D eigenvalue weighted by molar-refractivity contribution is 14.0. The monoisotopic (exact) mass is 472 g/mol. The Morgan fingerprint density at radius 3 is 2.62 bits per heavy atom. The number of guanidine groups is 1. The Morgan fingerprint density at radius 2 is 2.00 bits per heavy atom. The minimum atomic E-state index is 0. The van der Waals surface area contributed by atoms with E-state index in [-0.39, 0.29) is 24.0 Å². The zero-order chi connectivity index (χ0) is 17.6. The van der Waals surface area contributed by atoms with Gasteiger partial charge in [-0.2, -0.15) is 0 Å². The molecule has 0 bridgehead atoms. The fourth-order valence-corrected chi connectivity index (χ4v) is 2.96. The number of fused-ring (bicyclic) bond motifs is 1. The zero-order valence-corrected chi connectivity index (χ0v) is 17.6. The lowest BCUT2D eigenvalue weighted by molar-refractivity contribution is 0.346. The molecule has 1 aliphatic heterocycles. The Kier molecular flexibility index (Phi) is 7.55. The third-order valence-corrected chi connectivity index (χ3v) is 4.23. The lowest BCUT2D eigenvalue weighted by Crippen LogP contribution is -2.44. The number of aromatic nitrogens is 1. The number of nitrogens with zero attached hydrogens (tertiary/aromatic N) is 3. The van der Waals surface area contributed by atoms with Gasteiger partial charge in [-0.3, -0.25) is 0 Å². The van der Waals surface area contributed by atoms with Gasteiger partial charge < -0.3 is 24.2 Å². The first-order valence-corrected chi connectivity index (χ1v) is 8.41. The van der Waals surface area contributed by atoms with Gasteiger partial charge in [-0.25, -0.2) is 4.99 Å². The predicted octanol–water partition coefficient (Wildman–Crippen LogP) is 2.83. The standard InChI is InChI=1S/C18H24N4O3.HI/c1-4-19-18(20-11-15-6-8-25-21-15)22-7-5-13-9-16(23-2)17(24-3)10-14(13)12-22;/h6,8-10H,4-5,7,11-12H2,1-3H3,(H,19,20);1H. The summed E-state index contributed by atoms with van der Waals surface area (Å²) >= 11 is 0. The number of rotatable bonds is 5. The van der Waals surface area contributed by atoms with E-state index < -0.39 is 0 Å². The molecule has 1 aromatic carbocycles. The number of hydrogen-bond donors (Lipinski definition) is 1. The van der Waals surface area contributed by atoms with Crippen molar-refractivity contribution in [2.75, 3.05) is 27.3 Å². The quantitative estimate of drug-likeness (QED) is 0.410. The average Bonchev–Trinajstić information content (AvgIpc) is 3.17. The van der Waals surface area contributed by atoms with Crippen molar-refractivity contribution < 1.29 is 14.0 Å². The van der Waals surface area contributed by atoms with Crippen LogP contribution < -0.4 is 14.8 Å². The summed E-state index contributed by atoms with van der Waals surface area (Å²) in [7, 11) is 3.33.